The van der Waals surface area contributed by atoms with Crippen LogP contribution in [0.1, 0.15) is 11.1 Å². The number of aromatic nitrogens is 1. The van der Waals surface area contributed by atoms with Gasteiger partial charge in [0.1, 0.15) is 0 Å². The molecule has 0 amide bonds. The number of nitrogens with two attached hydrogens (primary N) is 1. The zero-order valence-electron chi connectivity index (χ0n) is 12.1. The summed E-state index contributed by atoms with van der Waals surface area (Å²) < 4.78 is 0. The maximum atomic E-state index is 5.82. The first-order valence-corrected chi connectivity index (χ1v) is 7.65. The fourth-order valence-corrected chi connectivity index (χ4v) is 2.88. The molecule has 0 aliphatic carbocycles. The molecule has 3 rings (SSSR count). The Morgan fingerprint density at radius 1 is 1.10 bits per heavy atom. The maximum Gasteiger partial charge on any atom is 0.187 e. The van der Waals surface area contributed by atoms with Gasteiger partial charge >= 0.3 is 0 Å². The molecular weight excluding hydrogens is 278 g/mol. The van der Waals surface area contributed by atoms with Crippen LogP contribution in [0, 0.1) is 13.8 Å². The summed E-state index contributed by atoms with van der Waals surface area (Å²) in [5, 5.41) is 6.33. The summed E-state index contributed by atoms with van der Waals surface area (Å²) in [5.41, 5.74) is 12.1. The van der Waals surface area contributed by atoms with Crippen LogP contribution in [0.5, 0.6) is 0 Å². The summed E-state index contributed by atoms with van der Waals surface area (Å²) in [6.45, 7) is 4.18. The highest BCUT2D eigenvalue weighted by Crippen LogP contribution is 2.29. The number of aryl methyl sites for hydroxylation is 2. The molecule has 0 atom stereocenters. The van der Waals surface area contributed by atoms with Gasteiger partial charge in [-0.15, -0.1) is 11.3 Å². The van der Waals surface area contributed by atoms with Crippen LogP contribution in [-0.4, -0.2) is 4.98 Å². The third-order valence-corrected chi connectivity index (χ3v) is 4.08. The minimum atomic E-state index is 0.754. The molecule has 0 radical (unpaired) electrons. The van der Waals surface area contributed by atoms with Crippen LogP contribution in [0.2, 0.25) is 0 Å². The summed E-state index contributed by atoms with van der Waals surface area (Å²) >= 11 is 1.60. The predicted octanol–water partition coefficient (Wildman–Crippen LogP) is 4.75. The van der Waals surface area contributed by atoms with E-state index in [1.54, 1.807) is 11.3 Å². The Hall–Kier alpha value is -2.33. The highest BCUT2D eigenvalue weighted by Gasteiger charge is 2.06. The summed E-state index contributed by atoms with van der Waals surface area (Å²) in [6, 6.07) is 14.2. The molecule has 3 nitrogen and oxygen atoms in total. The molecule has 1 heterocycles. The molecule has 0 aliphatic heterocycles. The lowest BCUT2D eigenvalue weighted by Gasteiger charge is -2.07. The van der Waals surface area contributed by atoms with Crippen molar-refractivity contribution in [1.29, 1.82) is 0 Å². The molecule has 0 unspecified atom stereocenters. The number of nitrogens with zero attached hydrogens (tertiary/aromatic N) is 1. The van der Waals surface area contributed by atoms with Crippen molar-refractivity contribution in [2.75, 3.05) is 11.1 Å². The van der Waals surface area contributed by atoms with Gasteiger partial charge in [-0.1, -0.05) is 24.3 Å². The van der Waals surface area contributed by atoms with E-state index in [-0.39, 0.29) is 0 Å². The minimum Gasteiger partial charge on any atom is -0.399 e. The van der Waals surface area contributed by atoms with E-state index in [2.05, 4.69) is 42.3 Å². The van der Waals surface area contributed by atoms with Gasteiger partial charge in [0.2, 0.25) is 0 Å². The number of hydrogen-bond donors (Lipinski definition) is 2. The van der Waals surface area contributed by atoms with E-state index in [0.29, 0.717) is 0 Å². The number of anilines is 3. The molecule has 106 valence electrons. The molecule has 21 heavy (non-hydrogen) atoms. The molecule has 0 saturated carbocycles. The fourth-order valence-electron chi connectivity index (χ4n) is 2.15. The molecular formula is C17H17N3S. The average Bonchev–Trinajstić information content (AvgIpc) is 2.91. The number of rotatable bonds is 3. The van der Waals surface area contributed by atoms with Crippen molar-refractivity contribution in [3.63, 3.8) is 0 Å². The Labute approximate surface area is 128 Å². The van der Waals surface area contributed by atoms with Gasteiger partial charge in [-0.2, -0.15) is 0 Å². The molecule has 1 aromatic heterocycles. The molecule has 2 aromatic carbocycles. The molecule has 0 fully saturated rings. The van der Waals surface area contributed by atoms with Crippen LogP contribution < -0.4 is 11.1 Å². The summed E-state index contributed by atoms with van der Waals surface area (Å²) in [4.78, 5) is 4.64. The minimum absolute atomic E-state index is 0.754. The van der Waals surface area contributed by atoms with Crippen LogP contribution in [0.3, 0.4) is 0 Å². The van der Waals surface area contributed by atoms with Gasteiger partial charge in [0.15, 0.2) is 5.13 Å². The Morgan fingerprint density at radius 2 is 1.95 bits per heavy atom. The molecule has 0 spiro atoms. The van der Waals surface area contributed by atoms with E-state index in [0.717, 1.165) is 27.8 Å². The summed E-state index contributed by atoms with van der Waals surface area (Å²) in [7, 11) is 0. The Balaban J connectivity index is 1.87. The smallest absolute Gasteiger partial charge is 0.187 e. The number of hydrogen-bond acceptors (Lipinski definition) is 4. The molecule has 0 saturated heterocycles. The summed E-state index contributed by atoms with van der Waals surface area (Å²) in [6.07, 6.45) is 0. The van der Waals surface area contributed by atoms with Crippen LogP contribution in [0.25, 0.3) is 11.3 Å². The van der Waals surface area contributed by atoms with Gasteiger partial charge in [0.25, 0.3) is 0 Å². The molecule has 0 bridgehead atoms. The second-order valence-electron chi connectivity index (χ2n) is 5.11. The largest absolute Gasteiger partial charge is 0.399 e. The van der Waals surface area contributed by atoms with E-state index in [1.807, 2.05) is 29.6 Å². The first-order valence-electron chi connectivity index (χ1n) is 6.77. The van der Waals surface area contributed by atoms with Crippen LogP contribution in [0.4, 0.5) is 16.5 Å². The maximum absolute atomic E-state index is 5.82. The first kappa shape index (κ1) is 13.6. The SMILES string of the molecule is Cc1ccc(C)c(Nc2nc(-c3cccc(N)c3)cs2)c1. The van der Waals surface area contributed by atoms with Gasteiger partial charge in [-0.05, 0) is 43.2 Å². The number of thiazole rings is 1. The second kappa shape index (κ2) is 5.58. The van der Waals surface area contributed by atoms with Crippen molar-refractivity contribution in [1.82, 2.24) is 4.98 Å². The lowest BCUT2D eigenvalue weighted by molar-refractivity contribution is 1.34. The van der Waals surface area contributed by atoms with E-state index in [9.17, 15) is 0 Å². The van der Waals surface area contributed by atoms with Gasteiger partial charge < -0.3 is 11.1 Å². The van der Waals surface area contributed by atoms with Crippen molar-refractivity contribution in [2.24, 2.45) is 0 Å². The van der Waals surface area contributed by atoms with Gasteiger partial charge in [0.05, 0.1) is 5.69 Å². The normalized spacial score (nSPS) is 10.6. The van der Waals surface area contributed by atoms with E-state index < -0.39 is 0 Å². The number of nitrogens with one attached hydrogen (secondary N) is 1. The van der Waals surface area contributed by atoms with E-state index in [4.69, 9.17) is 5.73 Å². The highest BCUT2D eigenvalue weighted by atomic mass is 32.1. The van der Waals surface area contributed by atoms with Gasteiger partial charge in [0, 0.05) is 22.3 Å². The zero-order chi connectivity index (χ0) is 14.8. The van der Waals surface area contributed by atoms with Gasteiger partial charge in [-0.25, -0.2) is 4.98 Å². The lowest BCUT2D eigenvalue weighted by atomic mass is 10.1. The van der Waals surface area contributed by atoms with Crippen LogP contribution >= 0.6 is 11.3 Å². The number of benzene rings is 2. The predicted molar refractivity (Wildman–Crippen MR) is 91.2 cm³/mol. The van der Waals surface area contributed by atoms with Crippen molar-refractivity contribution in [3.8, 4) is 11.3 Å². The van der Waals surface area contributed by atoms with Crippen molar-refractivity contribution in [3.05, 3.63) is 59.0 Å². The van der Waals surface area contributed by atoms with E-state index >= 15 is 0 Å². The molecule has 4 heteroatoms. The first-order chi connectivity index (χ1) is 10.1. The second-order valence-corrected chi connectivity index (χ2v) is 5.96. The quantitative estimate of drug-likeness (QED) is 0.685. The standard InChI is InChI=1S/C17H17N3S/c1-11-6-7-12(2)15(8-11)19-17-20-16(10-21-17)13-4-3-5-14(18)9-13/h3-10H,18H2,1-2H3,(H,19,20). The van der Waals surface area contributed by atoms with Crippen LogP contribution in [-0.2, 0) is 0 Å². The Morgan fingerprint density at radius 3 is 2.76 bits per heavy atom. The Bertz CT molecular complexity index is 777. The monoisotopic (exact) mass is 295 g/mol. The third-order valence-electron chi connectivity index (χ3n) is 3.32. The average molecular weight is 295 g/mol. The van der Waals surface area contributed by atoms with Crippen molar-refractivity contribution in [2.45, 2.75) is 13.8 Å². The van der Waals surface area contributed by atoms with E-state index in [1.165, 1.54) is 11.1 Å². The van der Waals surface area contributed by atoms with Crippen molar-refractivity contribution >= 4 is 27.8 Å². The summed E-state index contributed by atoms with van der Waals surface area (Å²) in [5.74, 6) is 0. The zero-order valence-corrected chi connectivity index (χ0v) is 12.9. The lowest BCUT2D eigenvalue weighted by Crippen LogP contribution is -1.93. The van der Waals surface area contributed by atoms with Crippen molar-refractivity contribution < 1.29 is 0 Å². The topological polar surface area (TPSA) is 50.9 Å². The molecule has 0 aliphatic rings. The fraction of sp³-hybridized carbons (Fsp3) is 0.118. The van der Waals surface area contributed by atoms with Gasteiger partial charge in [-0.3, -0.25) is 0 Å². The van der Waals surface area contributed by atoms with Crippen LogP contribution in [0.15, 0.2) is 47.8 Å². The highest BCUT2D eigenvalue weighted by molar-refractivity contribution is 7.14. The Kier molecular flexibility index (Phi) is 3.62. The number of nitrogen functional groups attached to an aromatic ring is 1. The third kappa shape index (κ3) is 3.06. The molecule has 3 aromatic rings. The molecule has 3 N–H and O–H groups in total.